The van der Waals surface area contributed by atoms with Crippen molar-refractivity contribution < 1.29 is 7.66 Å². The Bertz CT molecular complexity index is 728. The third kappa shape index (κ3) is 1.37. The summed E-state index contributed by atoms with van der Waals surface area (Å²) in [6.45, 7) is -1.96. The van der Waals surface area contributed by atoms with Gasteiger partial charge in [-0.3, -0.25) is 10.1 Å². The second-order valence-electron chi connectivity index (χ2n) is 3.99. The number of aromatic nitrogens is 3. The highest BCUT2D eigenvalue weighted by Crippen LogP contribution is 2.42. The van der Waals surface area contributed by atoms with Crippen LogP contribution in [0.3, 0.4) is 0 Å². The van der Waals surface area contributed by atoms with Crippen LogP contribution in [-0.2, 0) is 13.5 Å². The average molecular weight is 247 g/mol. The van der Waals surface area contributed by atoms with Crippen LogP contribution < -0.4 is 4.90 Å². The number of hydrogen-bond acceptors (Lipinski definition) is 5. The predicted octanol–water partition coefficient (Wildman–Crippen LogP) is 1.34. The zero-order valence-electron chi connectivity index (χ0n) is 11.8. The molecule has 0 aliphatic carbocycles. The van der Waals surface area contributed by atoms with Gasteiger partial charge < -0.3 is 4.90 Å². The molecule has 0 fully saturated rings. The highest BCUT2D eigenvalue weighted by molar-refractivity contribution is 5.86. The van der Waals surface area contributed by atoms with Crippen molar-refractivity contribution in [3.05, 3.63) is 34.0 Å². The van der Waals surface area contributed by atoms with Crippen LogP contribution in [-0.4, -0.2) is 27.0 Å². The van der Waals surface area contributed by atoms with Gasteiger partial charge in [-0.15, -0.1) is 0 Å². The van der Waals surface area contributed by atoms with E-state index in [0.29, 0.717) is 11.3 Å². The quantitative estimate of drug-likeness (QED) is 0.561. The fourth-order valence-electron chi connectivity index (χ4n) is 2.10. The predicted molar refractivity (Wildman–Crippen MR) is 65.2 cm³/mol. The van der Waals surface area contributed by atoms with Crippen LogP contribution >= 0.6 is 0 Å². The maximum atomic E-state index is 11.2. The zero-order chi connectivity index (χ0) is 14.7. The van der Waals surface area contributed by atoms with E-state index < -0.39 is 11.4 Å². The van der Waals surface area contributed by atoms with Crippen molar-refractivity contribution in [2.24, 2.45) is 7.05 Å². The van der Waals surface area contributed by atoms with Crippen LogP contribution in [0.5, 0.6) is 0 Å². The van der Waals surface area contributed by atoms with Gasteiger partial charge >= 0.3 is 0 Å². The molecule has 0 saturated carbocycles. The van der Waals surface area contributed by atoms with E-state index in [1.165, 1.54) is 22.8 Å². The Hall–Kier alpha value is -2.44. The van der Waals surface area contributed by atoms with Crippen molar-refractivity contribution in [3.63, 3.8) is 0 Å². The number of fused-ring (bicyclic) bond motifs is 3. The van der Waals surface area contributed by atoms with Crippen LogP contribution in [0.25, 0.3) is 11.3 Å². The van der Waals surface area contributed by atoms with Gasteiger partial charge in [-0.25, -0.2) is 0 Å². The summed E-state index contributed by atoms with van der Waals surface area (Å²) in [6, 6.07) is 4.60. The van der Waals surface area contributed by atoms with E-state index in [-0.39, 0.29) is 17.1 Å². The SMILES string of the molecule is [2H]C1([2H])c2nn(C)nc2-c2cccc([N+](=O)[O-])c2N1C. The number of benzene rings is 1. The maximum Gasteiger partial charge on any atom is 0.293 e. The topological polar surface area (TPSA) is 77.1 Å². The molecule has 0 unspecified atom stereocenters. The zero-order valence-corrected chi connectivity index (χ0v) is 9.78. The number of para-hydroxylation sites is 1. The smallest absolute Gasteiger partial charge is 0.293 e. The molecule has 1 aliphatic rings. The first-order valence-electron chi connectivity index (χ1n) is 6.27. The second kappa shape index (κ2) is 3.52. The van der Waals surface area contributed by atoms with E-state index in [9.17, 15) is 10.1 Å². The molecule has 1 aromatic heterocycles. The standard InChI is InChI=1S/C11H11N5O2/c1-14-6-8-10(13-15(2)12-8)7-4-3-5-9(11(7)14)16(17)18/h3-5H,6H2,1-2H3/i6D2. The van der Waals surface area contributed by atoms with E-state index in [4.69, 9.17) is 2.74 Å². The lowest BCUT2D eigenvalue weighted by Crippen LogP contribution is -2.22. The number of nitro benzene ring substituents is 1. The third-order valence-electron chi connectivity index (χ3n) is 2.79. The molecule has 0 atom stereocenters. The van der Waals surface area contributed by atoms with Gasteiger partial charge in [0.25, 0.3) is 5.69 Å². The monoisotopic (exact) mass is 247 g/mol. The fourth-order valence-corrected chi connectivity index (χ4v) is 2.10. The van der Waals surface area contributed by atoms with Gasteiger partial charge in [0.2, 0.25) is 0 Å². The van der Waals surface area contributed by atoms with Crippen molar-refractivity contribution in [3.8, 4) is 11.3 Å². The van der Waals surface area contributed by atoms with E-state index in [1.807, 2.05) is 0 Å². The molecule has 1 aliphatic heterocycles. The maximum absolute atomic E-state index is 11.2. The number of hydrogen-bond donors (Lipinski definition) is 0. The summed E-state index contributed by atoms with van der Waals surface area (Å²) < 4.78 is 16.3. The van der Waals surface area contributed by atoms with Crippen molar-refractivity contribution in [1.29, 1.82) is 0 Å². The fraction of sp³-hybridized carbons (Fsp3) is 0.273. The summed E-state index contributed by atoms with van der Waals surface area (Å²) in [5.41, 5.74) is 1.09. The van der Waals surface area contributed by atoms with Crippen LogP contribution in [0.15, 0.2) is 18.2 Å². The van der Waals surface area contributed by atoms with Crippen LogP contribution in [0.4, 0.5) is 11.4 Å². The molecule has 1 aromatic carbocycles. The molecule has 0 amide bonds. The Kier molecular flexibility index (Phi) is 1.69. The highest BCUT2D eigenvalue weighted by atomic mass is 16.6. The molecule has 7 nitrogen and oxygen atoms in total. The van der Waals surface area contributed by atoms with Crippen molar-refractivity contribution in [2.45, 2.75) is 6.50 Å². The molecule has 7 heteroatoms. The number of aryl methyl sites for hydroxylation is 1. The van der Waals surface area contributed by atoms with Gasteiger partial charge in [0.15, 0.2) is 0 Å². The van der Waals surface area contributed by atoms with E-state index in [2.05, 4.69) is 10.2 Å². The summed E-state index contributed by atoms with van der Waals surface area (Å²) in [4.78, 5) is 13.1. The first-order valence-corrected chi connectivity index (χ1v) is 5.27. The van der Waals surface area contributed by atoms with E-state index in [1.54, 1.807) is 19.2 Å². The second-order valence-corrected chi connectivity index (χ2v) is 3.99. The van der Waals surface area contributed by atoms with Crippen LogP contribution in [0, 0.1) is 10.1 Å². The minimum absolute atomic E-state index is 0.148. The molecule has 0 N–H and O–H groups in total. The summed E-state index contributed by atoms with van der Waals surface area (Å²) in [5, 5.41) is 19.3. The number of nitrogens with zero attached hydrogens (tertiary/aromatic N) is 5. The molecule has 0 saturated heterocycles. The Morgan fingerprint density at radius 1 is 1.44 bits per heavy atom. The highest BCUT2D eigenvalue weighted by Gasteiger charge is 2.30. The van der Waals surface area contributed by atoms with Gasteiger partial charge in [-0.2, -0.15) is 15.0 Å². The molecule has 3 rings (SSSR count). The summed E-state index contributed by atoms with van der Waals surface area (Å²) >= 11 is 0. The molecule has 2 heterocycles. The Morgan fingerprint density at radius 2 is 2.22 bits per heavy atom. The van der Waals surface area contributed by atoms with Crippen molar-refractivity contribution in [2.75, 3.05) is 11.9 Å². The molecule has 0 radical (unpaired) electrons. The van der Waals surface area contributed by atoms with Gasteiger partial charge in [0.05, 0.1) is 14.2 Å². The van der Waals surface area contributed by atoms with E-state index in [0.717, 1.165) is 0 Å². The van der Waals surface area contributed by atoms with Gasteiger partial charge in [0, 0.05) is 25.7 Å². The molecular formula is C11H11N5O2. The lowest BCUT2D eigenvalue weighted by molar-refractivity contribution is -0.384. The molecule has 2 aromatic rings. The summed E-state index contributed by atoms with van der Waals surface area (Å²) in [5.74, 6) is 0. The van der Waals surface area contributed by atoms with Gasteiger partial charge in [-0.05, 0) is 0 Å². The molecular weight excluding hydrogens is 234 g/mol. The Balaban J connectivity index is 2.40. The first-order chi connectivity index (χ1) is 9.34. The largest absolute Gasteiger partial charge is 0.362 e. The molecule has 0 spiro atoms. The average Bonchev–Trinajstić information content (AvgIpc) is 2.78. The van der Waals surface area contributed by atoms with Crippen molar-refractivity contribution >= 4 is 11.4 Å². The summed E-state index contributed by atoms with van der Waals surface area (Å²) in [6.07, 6.45) is 0. The lowest BCUT2D eigenvalue weighted by atomic mass is 10.0. The molecule has 0 bridgehead atoms. The number of rotatable bonds is 1. The summed E-state index contributed by atoms with van der Waals surface area (Å²) in [7, 11) is 3.06. The molecule has 18 heavy (non-hydrogen) atoms. The van der Waals surface area contributed by atoms with Crippen LogP contribution in [0.1, 0.15) is 8.44 Å². The minimum Gasteiger partial charge on any atom is -0.362 e. The number of nitro groups is 1. The number of anilines is 1. The van der Waals surface area contributed by atoms with Gasteiger partial charge in [0.1, 0.15) is 17.1 Å². The lowest BCUT2D eigenvalue weighted by Gasteiger charge is -2.25. The van der Waals surface area contributed by atoms with Gasteiger partial charge in [-0.1, -0.05) is 12.1 Å². The first kappa shape index (κ1) is 8.62. The third-order valence-corrected chi connectivity index (χ3v) is 2.79. The Labute approximate surface area is 106 Å². The van der Waals surface area contributed by atoms with Crippen LogP contribution in [0.2, 0.25) is 0 Å². The van der Waals surface area contributed by atoms with Crippen molar-refractivity contribution in [1.82, 2.24) is 15.0 Å². The normalized spacial score (nSPS) is 17.6. The minimum atomic E-state index is -1.96. The Morgan fingerprint density at radius 3 is 2.94 bits per heavy atom. The van der Waals surface area contributed by atoms with E-state index >= 15 is 0 Å². The molecule has 92 valence electrons.